The minimum atomic E-state index is -0.378. The molecule has 7 nitrogen and oxygen atoms in total. The van der Waals surface area contributed by atoms with Crippen LogP contribution in [-0.2, 0) is 4.74 Å². The van der Waals surface area contributed by atoms with Crippen molar-refractivity contribution >= 4 is 22.7 Å². The number of ether oxygens (including phenoxy) is 1. The summed E-state index contributed by atoms with van der Waals surface area (Å²) in [6.07, 6.45) is 1.77. The number of tetrazole rings is 1. The van der Waals surface area contributed by atoms with E-state index in [1.807, 2.05) is 22.9 Å². The van der Waals surface area contributed by atoms with Crippen LogP contribution in [0.15, 0.2) is 49.6 Å². The first-order valence-corrected chi connectivity index (χ1v) is 8.19. The van der Waals surface area contributed by atoms with Crippen LogP contribution in [-0.4, -0.2) is 33.4 Å². The van der Waals surface area contributed by atoms with E-state index in [1.54, 1.807) is 6.07 Å². The summed E-state index contributed by atoms with van der Waals surface area (Å²) in [6, 6.07) is 9.16. The molecule has 0 spiro atoms. The molecule has 0 bridgehead atoms. The summed E-state index contributed by atoms with van der Waals surface area (Å²) < 4.78 is 12.4. The van der Waals surface area contributed by atoms with Gasteiger partial charge in [0.05, 0.1) is 6.04 Å². The predicted molar refractivity (Wildman–Crippen MR) is 83.5 cm³/mol. The van der Waals surface area contributed by atoms with Crippen molar-refractivity contribution in [2.75, 3.05) is 13.2 Å². The number of rotatable bonds is 3. The van der Waals surface area contributed by atoms with Crippen LogP contribution in [0.4, 0.5) is 0 Å². The van der Waals surface area contributed by atoms with E-state index < -0.39 is 0 Å². The van der Waals surface area contributed by atoms with Crippen molar-refractivity contribution in [2.45, 2.75) is 28.9 Å². The Morgan fingerprint density at radius 1 is 1.22 bits per heavy atom. The number of hydrogen-bond acceptors (Lipinski definition) is 7. The van der Waals surface area contributed by atoms with E-state index >= 15 is 0 Å². The normalized spacial score (nSPS) is 16.0. The van der Waals surface area contributed by atoms with E-state index in [0.717, 1.165) is 23.1 Å². The van der Waals surface area contributed by atoms with Crippen LogP contribution in [0, 0.1) is 0 Å². The maximum absolute atomic E-state index is 11.8. The monoisotopic (exact) mass is 330 g/mol. The largest absolute Gasteiger partial charge is 0.423 e. The van der Waals surface area contributed by atoms with Gasteiger partial charge in [0.2, 0.25) is 5.16 Å². The Hall–Kier alpha value is -2.19. The molecule has 8 heteroatoms. The lowest BCUT2D eigenvalue weighted by atomic mass is 10.1. The average Bonchev–Trinajstić information content (AvgIpc) is 3.04. The number of nitrogens with zero attached hydrogens (tertiary/aromatic N) is 4. The molecule has 4 rings (SSSR count). The maximum atomic E-state index is 11.8. The molecule has 0 N–H and O–H groups in total. The van der Waals surface area contributed by atoms with E-state index in [2.05, 4.69) is 15.5 Å². The molecule has 0 aliphatic carbocycles. The molecule has 3 aromatic rings. The van der Waals surface area contributed by atoms with Crippen LogP contribution >= 0.6 is 11.8 Å². The summed E-state index contributed by atoms with van der Waals surface area (Å²) >= 11 is 1.38. The highest BCUT2D eigenvalue weighted by molar-refractivity contribution is 7.99. The van der Waals surface area contributed by atoms with Gasteiger partial charge in [-0.05, 0) is 41.1 Å². The summed E-state index contributed by atoms with van der Waals surface area (Å²) in [5.41, 5.74) is 0.184. The zero-order valence-corrected chi connectivity index (χ0v) is 13.0. The van der Waals surface area contributed by atoms with Crippen molar-refractivity contribution in [2.24, 2.45) is 0 Å². The lowest BCUT2D eigenvalue weighted by Gasteiger charge is -2.22. The number of benzene rings is 1. The second-order valence-electron chi connectivity index (χ2n) is 5.28. The molecule has 0 amide bonds. The van der Waals surface area contributed by atoms with Gasteiger partial charge in [-0.2, -0.15) is 0 Å². The lowest BCUT2D eigenvalue weighted by molar-refractivity contribution is 0.0631. The number of aromatic nitrogens is 4. The van der Waals surface area contributed by atoms with Crippen molar-refractivity contribution in [1.29, 1.82) is 0 Å². The summed E-state index contributed by atoms with van der Waals surface area (Å²) in [5, 5.41) is 13.6. The molecule has 0 radical (unpaired) electrons. The van der Waals surface area contributed by atoms with Crippen LogP contribution < -0.4 is 5.63 Å². The molecule has 0 unspecified atom stereocenters. The second kappa shape index (κ2) is 6.13. The fourth-order valence-electron chi connectivity index (χ4n) is 2.68. The van der Waals surface area contributed by atoms with Crippen LogP contribution in [0.25, 0.3) is 11.0 Å². The molecule has 23 heavy (non-hydrogen) atoms. The predicted octanol–water partition coefficient (Wildman–Crippen LogP) is 2.28. The van der Waals surface area contributed by atoms with Crippen molar-refractivity contribution in [1.82, 2.24) is 20.2 Å². The topological polar surface area (TPSA) is 83.0 Å². The standard InChI is InChI=1S/C15H14N4O3S/c20-14-9-13(11-3-1-2-4-12(11)22-14)23-15-16-17-18-19(15)10-5-7-21-8-6-10/h1-4,9-10H,5-8H2. The molecule has 1 aliphatic heterocycles. The fourth-order valence-corrected chi connectivity index (χ4v) is 3.66. The SMILES string of the molecule is O=c1cc(Sc2nnnn2C2CCOCC2)c2ccccc2o1. The fraction of sp³-hybridized carbons (Fsp3) is 0.333. The van der Waals surface area contributed by atoms with Gasteiger partial charge in [0.1, 0.15) is 5.58 Å². The Kier molecular flexibility index (Phi) is 3.84. The molecule has 0 saturated carbocycles. The zero-order valence-electron chi connectivity index (χ0n) is 12.2. The maximum Gasteiger partial charge on any atom is 0.337 e. The number of hydrogen-bond donors (Lipinski definition) is 0. The van der Waals surface area contributed by atoms with Crippen LogP contribution in [0.3, 0.4) is 0 Å². The number of para-hydroxylation sites is 1. The molecule has 118 valence electrons. The van der Waals surface area contributed by atoms with Gasteiger partial charge in [-0.15, -0.1) is 5.10 Å². The Labute approximate surface area is 135 Å². The molecule has 2 aromatic heterocycles. The Morgan fingerprint density at radius 3 is 2.91 bits per heavy atom. The molecular formula is C15H14N4O3S. The summed E-state index contributed by atoms with van der Waals surface area (Å²) in [7, 11) is 0. The summed E-state index contributed by atoms with van der Waals surface area (Å²) in [5.74, 6) is 0. The highest BCUT2D eigenvalue weighted by Crippen LogP contribution is 2.33. The molecule has 1 aromatic carbocycles. The van der Waals surface area contributed by atoms with Gasteiger partial charge in [-0.1, -0.05) is 18.2 Å². The number of fused-ring (bicyclic) bond motifs is 1. The molecule has 1 saturated heterocycles. The minimum absolute atomic E-state index is 0.229. The van der Waals surface area contributed by atoms with Crippen molar-refractivity contribution in [3.63, 3.8) is 0 Å². The van der Waals surface area contributed by atoms with Crippen LogP contribution in [0.2, 0.25) is 0 Å². The average molecular weight is 330 g/mol. The smallest absolute Gasteiger partial charge is 0.337 e. The first kappa shape index (κ1) is 14.4. The first-order chi connectivity index (χ1) is 11.3. The Morgan fingerprint density at radius 2 is 2.04 bits per heavy atom. The van der Waals surface area contributed by atoms with Gasteiger partial charge in [0.25, 0.3) is 0 Å². The van der Waals surface area contributed by atoms with Crippen LogP contribution in [0.1, 0.15) is 18.9 Å². The van der Waals surface area contributed by atoms with Crippen molar-refractivity contribution < 1.29 is 9.15 Å². The first-order valence-electron chi connectivity index (χ1n) is 7.37. The van der Waals surface area contributed by atoms with Gasteiger partial charge in [0.15, 0.2) is 0 Å². The van der Waals surface area contributed by atoms with Gasteiger partial charge in [0, 0.05) is 29.6 Å². The lowest BCUT2D eigenvalue weighted by Crippen LogP contribution is -2.21. The van der Waals surface area contributed by atoms with E-state index in [4.69, 9.17) is 9.15 Å². The van der Waals surface area contributed by atoms with Gasteiger partial charge in [-0.25, -0.2) is 9.48 Å². The summed E-state index contributed by atoms with van der Waals surface area (Å²) in [6.45, 7) is 1.43. The summed E-state index contributed by atoms with van der Waals surface area (Å²) in [4.78, 5) is 12.6. The molecule has 1 aliphatic rings. The zero-order chi connectivity index (χ0) is 15.6. The van der Waals surface area contributed by atoms with E-state index in [-0.39, 0.29) is 11.7 Å². The van der Waals surface area contributed by atoms with E-state index in [0.29, 0.717) is 24.0 Å². The minimum Gasteiger partial charge on any atom is -0.423 e. The molecular weight excluding hydrogens is 316 g/mol. The third kappa shape index (κ3) is 2.87. The second-order valence-corrected chi connectivity index (χ2v) is 6.29. The van der Waals surface area contributed by atoms with E-state index in [1.165, 1.54) is 17.8 Å². The quantitative estimate of drug-likeness (QED) is 0.681. The highest BCUT2D eigenvalue weighted by atomic mass is 32.2. The van der Waals surface area contributed by atoms with Gasteiger partial charge >= 0.3 is 5.63 Å². The van der Waals surface area contributed by atoms with E-state index in [9.17, 15) is 4.79 Å². The Balaban J connectivity index is 1.72. The third-order valence-corrected chi connectivity index (χ3v) is 4.82. The molecule has 1 fully saturated rings. The molecule has 0 atom stereocenters. The third-order valence-electron chi connectivity index (χ3n) is 3.81. The van der Waals surface area contributed by atoms with Gasteiger partial charge in [-0.3, -0.25) is 0 Å². The highest BCUT2D eigenvalue weighted by Gasteiger charge is 2.21. The molecule has 3 heterocycles. The van der Waals surface area contributed by atoms with Crippen molar-refractivity contribution in [3.8, 4) is 0 Å². The van der Waals surface area contributed by atoms with Gasteiger partial charge < -0.3 is 9.15 Å². The van der Waals surface area contributed by atoms with Crippen molar-refractivity contribution in [3.05, 3.63) is 40.8 Å². The Bertz CT molecular complexity index is 886. The van der Waals surface area contributed by atoms with Crippen LogP contribution in [0.5, 0.6) is 0 Å².